The highest BCUT2D eigenvalue weighted by Gasteiger charge is 2.36. The summed E-state index contributed by atoms with van der Waals surface area (Å²) in [5.74, 6) is 3.27. The van der Waals surface area contributed by atoms with Crippen LogP contribution in [-0.4, -0.2) is 6.21 Å². The Kier molecular flexibility index (Phi) is 3.11. The smallest absolute Gasteiger partial charge is 0.147 e. The number of nitrogens with one attached hydrogen (secondary N) is 1. The minimum Gasteiger partial charge on any atom is -0.460 e. The number of furan rings is 1. The lowest BCUT2D eigenvalue weighted by atomic mass is 10.2. The topological polar surface area (TPSA) is 37.5 Å². The summed E-state index contributed by atoms with van der Waals surface area (Å²) < 4.78 is 5.76. The van der Waals surface area contributed by atoms with Crippen LogP contribution in [0, 0.1) is 12.8 Å². The van der Waals surface area contributed by atoms with E-state index in [1.807, 2.05) is 24.3 Å². The zero-order valence-electron chi connectivity index (χ0n) is 11.3. The zero-order valence-corrected chi connectivity index (χ0v) is 11.3. The fourth-order valence-electron chi connectivity index (χ4n) is 2.22. The van der Waals surface area contributed by atoms with E-state index in [1.165, 1.54) is 12.0 Å². The molecule has 3 rings (SSSR count). The van der Waals surface area contributed by atoms with Gasteiger partial charge in [-0.1, -0.05) is 25.1 Å². The lowest BCUT2D eigenvalue weighted by Gasteiger charge is -2.02. The molecule has 0 radical (unpaired) electrons. The molecule has 1 aromatic carbocycles. The van der Waals surface area contributed by atoms with Crippen LogP contribution in [0.3, 0.4) is 0 Å². The maximum absolute atomic E-state index is 5.76. The Morgan fingerprint density at radius 1 is 1.26 bits per heavy atom. The second-order valence-corrected chi connectivity index (χ2v) is 5.24. The van der Waals surface area contributed by atoms with Gasteiger partial charge in [0.25, 0.3) is 0 Å². The van der Waals surface area contributed by atoms with Crippen molar-refractivity contribution in [3.8, 4) is 0 Å². The van der Waals surface area contributed by atoms with Crippen molar-refractivity contribution in [1.82, 2.24) is 0 Å². The van der Waals surface area contributed by atoms with Crippen LogP contribution in [0.1, 0.15) is 36.3 Å². The van der Waals surface area contributed by atoms with Crippen LogP contribution >= 0.6 is 0 Å². The highest BCUT2D eigenvalue weighted by atomic mass is 16.3. The molecule has 1 heterocycles. The Morgan fingerprint density at radius 3 is 2.79 bits per heavy atom. The van der Waals surface area contributed by atoms with E-state index < -0.39 is 0 Å². The second-order valence-electron chi connectivity index (χ2n) is 5.24. The molecule has 19 heavy (non-hydrogen) atoms. The minimum atomic E-state index is 0.617. The molecule has 2 aromatic rings. The predicted molar refractivity (Wildman–Crippen MR) is 77.6 cm³/mol. The summed E-state index contributed by atoms with van der Waals surface area (Å²) in [5.41, 5.74) is 5.22. The Hall–Kier alpha value is -2.03. The Balaban J connectivity index is 1.63. The van der Waals surface area contributed by atoms with Crippen LogP contribution < -0.4 is 5.43 Å². The van der Waals surface area contributed by atoms with E-state index in [0.29, 0.717) is 5.92 Å². The summed E-state index contributed by atoms with van der Waals surface area (Å²) in [4.78, 5) is 0. The van der Waals surface area contributed by atoms with Gasteiger partial charge in [0, 0.05) is 5.92 Å². The van der Waals surface area contributed by atoms with Gasteiger partial charge in [0.1, 0.15) is 11.5 Å². The monoisotopic (exact) mass is 254 g/mol. The maximum atomic E-state index is 5.76. The van der Waals surface area contributed by atoms with E-state index in [-0.39, 0.29) is 0 Å². The molecule has 98 valence electrons. The maximum Gasteiger partial charge on any atom is 0.147 e. The molecule has 1 saturated carbocycles. The van der Waals surface area contributed by atoms with Gasteiger partial charge in [-0.05, 0) is 43.0 Å². The molecule has 3 nitrogen and oxygen atoms in total. The van der Waals surface area contributed by atoms with Crippen molar-refractivity contribution in [2.75, 3.05) is 5.43 Å². The third-order valence-corrected chi connectivity index (χ3v) is 3.64. The lowest BCUT2D eigenvalue weighted by molar-refractivity contribution is 0.500. The van der Waals surface area contributed by atoms with Gasteiger partial charge in [0.2, 0.25) is 0 Å². The van der Waals surface area contributed by atoms with Crippen molar-refractivity contribution in [2.24, 2.45) is 11.0 Å². The van der Waals surface area contributed by atoms with Gasteiger partial charge in [0.05, 0.1) is 11.9 Å². The summed E-state index contributed by atoms with van der Waals surface area (Å²) in [6.07, 6.45) is 2.97. The van der Waals surface area contributed by atoms with Crippen molar-refractivity contribution in [3.05, 3.63) is 53.5 Å². The molecule has 1 fully saturated rings. The van der Waals surface area contributed by atoms with E-state index >= 15 is 0 Å². The van der Waals surface area contributed by atoms with Crippen LogP contribution in [0.5, 0.6) is 0 Å². The summed E-state index contributed by atoms with van der Waals surface area (Å²) in [5, 5.41) is 4.22. The zero-order chi connectivity index (χ0) is 13.2. The largest absolute Gasteiger partial charge is 0.460 e. The molecule has 0 bridgehead atoms. The molecule has 1 N–H and O–H groups in total. The fraction of sp³-hybridized carbons (Fsp3) is 0.312. The molecule has 0 aliphatic heterocycles. The molecule has 0 unspecified atom stereocenters. The molecule has 0 amide bonds. The van der Waals surface area contributed by atoms with Gasteiger partial charge in [-0.15, -0.1) is 0 Å². The Bertz CT molecular complexity index is 600. The van der Waals surface area contributed by atoms with E-state index in [4.69, 9.17) is 4.42 Å². The van der Waals surface area contributed by atoms with Crippen LogP contribution in [0.25, 0.3) is 0 Å². The first-order valence-corrected chi connectivity index (χ1v) is 6.68. The molecular weight excluding hydrogens is 236 g/mol. The van der Waals surface area contributed by atoms with Crippen molar-refractivity contribution < 1.29 is 4.42 Å². The first-order chi connectivity index (χ1) is 9.24. The Morgan fingerprint density at radius 2 is 2.05 bits per heavy atom. The SMILES string of the molecule is Cc1ccccc1N/N=C\c1ccc([C@@H]2C[C@H]2C)o1. The van der Waals surface area contributed by atoms with Gasteiger partial charge in [-0.3, -0.25) is 5.43 Å². The quantitative estimate of drug-likeness (QED) is 0.657. The van der Waals surface area contributed by atoms with Crippen molar-refractivity contribution in [1.29, 1.82) is 0 Å². The molecular formula is C16H18N2O. The Labute approximate surface area is 113 Å². The highest BCUT2D eigenvalue weighted by molar-refractivity contribution is 5.76. The molecule has 1 aromatic heterocycles. The first-order valence-electron chi connectivity index (χ1n) is 6.68. The minimum absolute atomic E-state index is 0.617. The predicted octanol–water partition coefficient (Wildman–Crippen LogP) is 4.16. The highest BCUT2D eigenvalue weighted by Crippen LogP contribution is 2.47. The van der Waals surface area contributed by atoms with Crippen LogP contribution in [0.2, 0.25) is 0 Å². The molecule has 0 saturated heterocycles. The molecule has 2 atom stereocenters. The first kappa shape index (κ1) is 12.0. The number of benzene rings is 1. The number of hydrogen-bond donors (Lipinski definition) is 1. The molecule has 0 spiro atoms. The van der Waals surface area contributed by atoms with E-state index in [1.54, 1.807) is 6.21 Å². The van der Waals surface area contributed by atoms with E-state index in [0.717, 1.165) is 23.1 Å². The third kappa shape index (κ3) is 2.70. The van der Waals surface area contributed by atoms with E-state index in [2.05, 4.69) is 36.5 Å². The fourth-order valence-corrected chi connectivity index (χ4v) is 2.22. The number of aryl methyl sites for hydroxylation is 1. The van der Waals surface area contributed by atoms with E-state index in [9.17, 15) is 0 Å². The van der Waals surface area contributed by atoms with Crippen molar-refractivity contribution in [2.45, 2.75) is 26.2 Å². The molecule has 1 aliphatic rings. The molecule has 1 aliphatic carbocycles. The number of rotatable bonds is 4. The average Bonchev–Trinajstić information content (AvgIpc) is 2.96. The number of nitrogens with zero attached hydrogens (tertiary/aromatic N) is 1. The normalized spacial score (nSPS) is 21.8. The molecule has 3 heteroatoms. The second kappa shape index (κ2) is 4.92. The van der Waals surface area contributed by atoms with Crippen molar-refractivity contribution >= 4 is 11.9 Å². The number of anilines is 1. The van der Waals surface area contributed by atoms with Crippen molar-refractivity contribution in [3.63, 3.8) is 0 Å². The number of para-hydroxylation sites is 1. The summed E-state index contributed by atoms with van der Waals surface area (Å²) >= 11 is 0. The summed E-state index contributed by atoms with van der Waals surface area (Å²) in [7, 11) is 0. The number of hydrogen-bond acceptors (Lipinski definition) is 3. The summed E-state index contributed by atoms with van der Waals surface area (Å²) in [6, 6.07) is 12.1. The van der Waals surface area contributed by atoms with Gasteiger partial charge >= 0.3 is 0 Å². The van der Waals surface area contributed by atoms with Crippen LogP contribution in [0.4, 0.5) is 5.69 Å². The summed E-state index contributed by atoms with van der Waals surface area (Å²) in [6.45, 7) is 4.30. The average molecular weight is 254 g/mol. The third-order valence-electron chi connectivity index (χ3n) is 3.64. The number of hydrazone groups is 1. The van der Waals surface area contributed by atoms with Gasteiger partial charge in [-0.25, -0.2) is 0 Å². The van der Waals surface area contributed by atoms with Gasteiger partial charge in [-0.2, -0.15) is 5.10 Å². The van der Waals surface area contributed by atoms with Crippen LogP contribution in [-0.2, 0) is 0 Å². The lowest BCUT2D eigenvalue weighted by Crippen LogP contribution is -1.91. The van der Waals surface area contributed by atoms with Gasteiger partial charge in [0.15, 0.2) is 0 Å². The standard InChI is InChI=1S/C16H18N2O/c1-11-5-3-4-6-15(11)18-17-10-13-7-8-16(19-13)14-9-12(14)2/h3-8,10,12,14,18H,9H2,1-2H3/b17-10-/t12-,14-/m1/s1. The van der Waals surface area contributed by atoms with Crippen LogP contribution in [0.15, 0.2) is 45.9 Å². The van der Waals surface area contributed by atoms with Gasteiger partial charge < -0.3 is 4.42 Å².